The van der Waals surface area contributed by atoms with Gasteiger partial charge >= 0.3 is 30.4 Å². The SMILES string of the molecule is O=P(O)(O)CN1CCN(Cc2cccc(CN3CCN(CP(=O)(O)O)CCN(CP(=O)(O)O)CC3)c2)CCN(CP(=O)(O)O)CC1. The summed E-state index contributed by atoms with van der Waals surface area (Å²) in [6, 6.07) is 7.80. The molecule has 2 saturated heterocycles. The maximum Gasteiger partial charge on any atom is 0.339 e. The Morgan fingerprint density at radius 3 is 0.848 bits per heavy atom. The van der Waals surface area contributed by atoms with E-state index >= 15 is 0 Å². The molecule has 0 spiro atoms. The Morgan fingerprint density at radius 1 is 0.413 bits per heavy atom. The van der Waals surface area contributed by atoms with Crippen molar-refractivity contribution in [2.75, 3.05) is 104 Å². The van der Waals surface area contributed by atoms with Gasteiger partial charge in [-0.05, 0) is 11.1 Å². The second-order valence-corrected chi connectivity index (χ2v) is 18.5. The van der Waals surface area contributed by atoms with Crippen molar-refractivity contribution in [1.82, 2.24) is 29.4 Å². The topological polar surface area (TPSA) is 250 Å². The summed E-state index contributed by atoms with van der Waals surface area (Å²) in [5.74, 6) is 0. The number of rotatable bonds is 12. The van der Waals surface area contributed by atoms with Gasteiger partial charge in [-0.3, -0.25) is 47.7 Å². The fourth-order valence-corrected chi connectivity index (χ4v) is 8.85. The van der Waals surface area contributed by atoms with E-state index in [9.17, 15) is 57.4 Å². The van der Waals surface area contributed by atoms with Gasteiger partial charge in [-0.15, -0.1) is 0 Å². The third kappa shape index (κ3) is 17.3. The van der Waals surface area contributed by atoms with E-state index in [-0.39, 0.29) is 26.2 Å². The molecule has 2 fully saturated rings. The zero-order chi connectivity index (χ0) is 34.2. The molecule has 0 saturated carbocycles. The molecule has 266 valence electrons. The number of hydrogen-bond acceptors (Lipinski definition) is 10. The second kappa shape index (κ2) is 17.5. The van der Waals surface area contributed by atoms with Crippen LogP contribution < -0.4 is 0 Å². The minimum Gasteiger partial charge on any atom is -0.324 e. The van der Waals surface area contributed by atoms with Gasteiger partial charge in [-0.2, -0.15) is 0 Å². The van der Waals surface area contributed by atoms with Gasteiger partial charge in [0, 0.05) is 91.6 Å². The normalized spacial score (nSPS) is 21.2. The van der Waals surface area contributed by atoms with Crippen LogP contribution in [0.5, 0.6) is 0 Å². The fraction of sp³-hybridized carbons (Fsp3) is 0.750. The van der Waals surface area contributed by atoms with E-state index in [0.29, 0.717) is 65.4 Å². The molecule has 0 unspecified atom stereocenters. The summed E-state index contributed by atoms with van der Waals surface area (Å²) >= 11 is 0. The summed E-state index contributed by atoms with van der Waals surface area (Å²) in [6.07, 6.45) is -1.81. The molecule has 18 nitrogen and oxygen atoms in total. The van der Waals surface area contributed by atoms with Gasteiger partial charge in [0.05, 0.1) is 0 Å². The average Bonchev–Trinajstić information content (AvgIpc) is 3.02. The molecule has 1 aromatic rings. The monoisotopic (exact) mass is 736 g/mol. The van der Waals surface area contributed by atoms with Crippen molar-refractivity contribution in [3.05, 3.63) is 35.4 Å². The van der Waals surface area contributed by atoms with Crippen LogP contribution in [0, 0.1) is 0 Å². The van der Waals surface area contributed by atoms with Crippen LogP contribution in [0.4, 0.5) is 0 Å². The molecule has 0 amide bonds. The average molecular weight is 737 g/mol. The van der Waals surface area contributed by atoms with E-state index in [1.165, 1.54) is 0 Å². The highest BCUT2D eigenvalue weighted by atomic mass is 31.2. The number of hydrogen-bond donors (Lipinski definition) is 8. The third-order valence-corrected chi connectivity index (χ3v) is 10.8. The lowest BCUT2D eigenvalue weighted by Crippen LogP contribution is -2.36. The number of nitrogens with zero attached hydrogens (tertiary/aromatic N) is 6. The van der Waals surface area contributed by atoms with Gasteiger partial charge in [-0.25, -0.2) is 0 Å². The molecule has 0 aliphatic carbocycles. The van der Waals surface area contributed by atoms with Gasteiger partial charge in [0.15, 0.2) is 0 Å². The van der Waals surface area contributed by atoms with Gasteiger partial charge in [0.2, 0.25) is 0 Å². The third-order valence-electron chi connectivity index (χ3n) is 7.74. The standard InChI is InChI=1S/C24H48N6O12P4/c31-43(32,33)19-27-8-4-25(5-9-28(13-12-27)20-44(34,35)36)17-23-2-1-3-24(16-23)18-26-6-10-29(21-45(37,38)39)14-15-30(11-7-26)22-46(40,41)42/h1-3,16H,4-15,17-22H2,(H2,31,32,33)(H2,34,35,36)(H2,37,38,39)(H2,40,41,42). The Balaban J connectivity index is 1.72. The van der Waals surface area contributed by atoms with E-state index < -0.39 is 55.5 Å². The van der Waals surface area contributed by atoms with Crippen molar-refractivity contribution in [3.8, 4) is 0 Å². The molecule has 2 aliphatic heterocycles. The van der Waals surface area contributed by atoms with E-state index in [0.717, 1.165) is 11.1 Å². The lowest BCUT2D eigenvalue weighted by molar-refractivity contribution is 0.214. The van der Waals surface area contributed by atoms with Gasteiger partial charge in [0.25, 0.3) is 0 Å². The van der Waals surface area contributed by atoms with Crippen LogP contribution in [0.25, 0.3) is 0 Å². The zero-order valence-electron chi connectivity index (χ0n) is 25.7. The van der Waals surface area contributed by atoms with Gasteiger partial charge in [0.1, 0.15) is 25.1 Å². The minimum atomic E-state index is -4.34. The van der Waals surface area contributed by atoms with E-state index in [4.69, 9.17) is 0 Å². The van der Waals surface area contributed by atoms with Gasteiger partial charge < -0.3 is 39.1 Å². The van der Waals surface area contributed by atoms with Crippen LogP contribution in [-0.4, -0.2) is 172 Å². The lowest BCUT2D eigenvalue weighted by atomic mass is 10.1. The van der Waals surface area contributed by atoms with Crippen LogP contribution in [0.2, 0.25) is 0 Å². The van der Waals surface area contributed by atoms with Crippen molar-refractivity contribution < 1.29 is 57.4 Å². The Labute approximate surface area is 269 Å². The molecular formula is C24H48N6O12P4. The first-order valence-electron chi connectivity index (χ1n) is 14.8. The smallest absolute Gasteiger partial charge is 0.324 e. The van der Waals surface area contributed by atoms with Crippen LogP contribution >= 0.6 is 30.4 Å². The van der Waals surface area contributed by atoms with Gasteiger partial charge in [-0.1, -0.05) is 24.3 Å². The molecule has 0 bridgehead atoms. The minimum absolute atomic E-state index is 0.251. The summed E-state index contributed by atoms with van der Waals surface area (Å²) in [4.78, 5) is 86.9. The molecule has 46 heavy (non-hydrogen) atoms. The molecule has 2 aliphatic rings. The predicted octanol–water partition coefficient (Wildman–Crippen LogP) is -0.933. The van der Waals surface area contributed by atoms with Crippen molar-refractivity contribution in [1.29, 1.82) is 0 Å². The van der Waals surface area contributed by atoms with E-state index in [1.54, 1.807) is 19.6 Å². The largest absolute Gasteiger partial charge is 0.339 e. The zero-order valence-corrected chi connectivity index (χ0v) is 29.3. The first-order valence-corrected chi connectivity index (χ1v) is 22.0. The molecule has 0 atom stereocenters. The van der Waals surface area contributed by atoms with E-state index in [2.05, 4.69) is 9.80 Å². The molecule has 0 radical (unpaired) electrons. The Kier molecular flexibility index (Phi) is 15.2. The second-order valence-electron chi connectivity index (χ2n) is 12.1. The molecule has 22 heteroatoms. The molecule has 8 N–H and O–H groups in total. The first-order chi connectivity index (χ1) is 21.2. The van der Waals surface area contributed by atoms with Crippen molar-refractivity contribution in [2.45, 2.75) is 13.1 Å². The van der Waals surface area contributed by atoms with Crippen LogP contribution in [0.15, 0.2) is 24.3 Å². The Hall–Kier alpha value is -0.420. The van der Waals surface area contributed by atoms with E-state index in [1.807, 2.05) is 24.3 Å². The highest BCUT2D eigenvalue weighted by molar-refractivity contribution is 7.52. The fourth-order valence-electron chi connectivity index (χ4n) is 5.63. The molecule has 0 aromatic heterocycles. The highest BCUT2D eigenvalue weighted by Crippen LogP contribution is 2.38. The summed E-state index contributed by atoms with van der Waals surface area (Å²) in [5.41, 5.74) is 1.91. The van der Waals surface area contributed by atoms with Crippen molar-refractivity contribution in [2.24, 2.45) is 0 Å². The lowest BCUT2D eigenvalue weighted by Gasteiger charge is -2.27. The molecular weight excluding hydrogens is 688 g/mol. The summed E-state index contributed by atoms with van der Waals surface area (Å²) < 4.78 is 46.8. The quantitative estimate of drug-likeness (QED) is 0.121. The highest BCUT2D eigenvalue weighted by Gasteiger charge is 2.27. The maximum absolute atomic E-state index is 11.7. The van der Waals surface area contributed by atoms with Crippen LogP contribution in [-0.2, 0) is 31.3 Å². The summed E-state index contributed by atoms with van der Waals surface area (Å²) in [6.45, 7) is 5.31. The van der Waals surface area contributed by atoms with Crippen LogP contribution in [0.1, 0.15) is 11.1 Å². The summed E-state index contributed by atoms with van der Waals surface area (Å²) in [5, 5.41) is 0. The number of benzene rings is 1. The van der Waals surface area contributed by atoms with Crippen molar-refractivity contribution >= 4 is 30.4 Å². The molecule has 2 heterocycles. The molecule has 3 rings (SSSR count). The molecule has 1 aromatic carbocycles. The maximum atomic E-state index is 11.7. The van der Waals surface area contributed by atoms with Crippen LogP contribution in [0.3, 0.4) is 0 Å². The first kappa shape index (κ1) is 40.0. The summed E-state index contributed by atoms with van der Waals surface area (Å²) in [7, 11) is -17.4. The Morgan fingerprint density at radius 2 is 0.630 bits per heavy atom. The van der Waals surface area contributed by atoms with Crippen molar-refractivity contribution in [3.63, 3.8) is 0 Å². The Bertz CT molecular complexity index is 1140. The predicted molar refractivity (Wildman–Crippen MR) is 171 cm³/mol.